The Balaban J connectivity index is 0.000000233. The monoisotopic (exact) mass is 1420 g/mol. The minimum absolute atomic E-state index is 0. The highest BCUT2D eigenvalue weighted by Crippen LogP contribution is 2.38. The number of aromatic nitrogens is 8. The summed E-state index contributed by atoms with van der Waals surface area (Å²) in [6.07, 6.45) is 11.2. The lowest BCUT2D eigenvalue weighted by atomic mass is 10.0. The molecule has 2 aliphatic carbocycles. The van der Waals surface area contributed by atoms with Crippen molar-refractivity contribution in [2.45, 2.75) is 115 Å². The van der Waals surface area contributed by atoms with Gasteiger partial charge in [-0.3, -0.25) is 28.5 Å². The van der Waals surface area contributed by atoms with E-state index < -0.39 is 17.7 Å². The van der Waals surface area contributed by atoms with Crippen LogP contribution in [0.2, 0.25) is 0 Å². The summed E-state index contributed by atoms with van der Waals surface area (Å²) in [5.41, 5.74) is 16.6. The molecule has 12 rings (SSSR count). The number of piperidine rings is 2. The van der Waals surface area contributed by atoms with Gasteiger partial charge in [-0.2, -0.15) is 10.2 Å². The summed E-state index contributed by atoms with van der Waals surface area (Å²) in [6.45, 7) is 9.63. The number of fused-ring (bicyclic) bond motifs is 6. The maximum atomic E-state index is 14.0. The fourth-order valence-corrected chi connectivity index (χ4v) is 13.0. The Morgan fingerprint density at radius 1 is 0.564 bits per heavy atom. The highest BCUT2D eigenvalue weighted by Gasteiger charge is 2.32. The Labute approximate surface area is 601 Å². The van der Waals surface area contributed by atoms with Crippen LogP contribution in [0.5, 0.6) is 11.5 Å². The number of carbonyl (C=O) groups is 5. The number of likely N-dealkylation sites (tertiary alicyclic amines) is 2. The van der Waals surface area contributed by atoms with Gasteiger partial charge < -0.3 is 67.0 Å². The fourth-order valence-electron chi connectivity index (χ4n) is 13.0. The van der Waals surface area contributed by atoms with Crippen molar-refractivity contribution in [3.63, 3.8) is 0 Å². The molecule has 4 aromatic heterocycles. The molecule has 0 radical (unpaired) electrons. The number of nitrogens with two attached hydrogens (primary N) is 1. The van der Waals surface area contributed by atoms with Crippen LogP contribution in [-0.2, 0) is 44.5 Å². The third kappa shape index (κ3) is 18.6. The third-order valence-electron chi connectivity index (χ3n) is 18.3. The van der Waals surface area contributed by atoms with Gasteiger partial charge in [0.05, 0.1) is 60.5 Å². The van der Waals surface area contributed by atoms with Gasteiger partial charge in [0.15, 0.2) is 11.4 Å². The van der Waals surface area contributed by atoms with E-state index in [1.165, 1.54) is 0 Å². The minimum atomic E-state index is -0.656. The molecular formula is C73H92Cl2N18O8. The lowest BCUT2D eigenvalue weighted by Gasteiger charge is -2.29. The second-order valence-electron chi connectivity index (χ2n) is 26.6. The smallest absolute Gasteiger partial charge is 0.407 e. The van der Waals surface area contributed by atoms with Gasteiger partial charge in [0, 0.05) is 73.9 Å². The van der Waals surface area contributed by atoms with Crippen molar-refractivity contribution < 1.29 is 38.2 Å². The number of halogens is 2. The number of carbonyl (C=O) groups excluding carboxylic acids is 5. The molecule has 536 valence electrons. The predicted molar refractivity (Wildman–Crippen MR) is 392 cm³/mol. The zero-order chi connectivity index (χ0) is 69.9. The summed E-state index contributed by atoms with van der Waals surface area (Å²) in [7, 11) is 10.9. The number of aryl methyl sites for hydroxylation is 4. The first-order valence-corrected chi connectivity index (χ1v) is 33.8. The average Bonchev–Trinajstić information content (AvgIpc) is 1.63. The van der Waals surface area contributed by atoms with Gasteiger partial charge in [-0.15, -0.1) is 24.8 Å². The van der Waals surface area contributed by atoms with Crippen molar-refractivity contribution in [1.82, 2.24) is 75.9 Å². The Kier molecular flexibility index (Phi) is 25.5. The molecule has 0 unspecified atom stereocenters. The predicted octanol–water partition coefficient (Wildman–Crippen LogP) is 9.15. The van der Waals surface area contributed by atoms with E-state index in [2.05, 4.69) is 81.3 Å². The Hall–Kier alpha value is -9.73. The minimum Gasteiger partial charge on any atom is -0.495 e. The zero-order valence-corrected chi connectivity index (χ0v) is 60.3. The lowest BCUT2D eigenvalue weighted by molar-refractivity contribution is 0.0519. The molecule has 4 aliphatic rings. The quantitative estimate of drug-likeness (QED) is 0.0374. The van der Waals surface area contributed by atoms with Crippen LogP contribution in [0.25, 0.3) is 22.8 Å². The molecular weight excluding hydrogens is 1330 g/mol. The van der Waals surface area contributed by atoms with E-state index in [1.807, 2.05) is 73.9 Å². The third-order valence-corrected chi connectivity index (χ3v) is 18.3. The molecule has 28 heteroatoms. The maximum absolute atomic E-state index is 14.0. The number of methoxy groups -OCH3 is 2. The topological polar surface area (TPSA) is 317 Å². The lowest BCUT2D eigenvalue weighted by Crippen LogP contribution is -2.43. The number of amides is 5. The van der Waals surface area contributed by atoms with Gasteiger partial charge in [-0.25, -0.2) is 24.7 Å². The molecule has 9 N–H and O–H groups in total. The SMILES string of the molecule is COc1cc(C(=O)NC2CCN(C)CC2)ccc1Nc1ncc2c(n1)-c1c(c(C(=O)N[C@H](CN)c3ccccc3)nn1C)CCC2.COc1cc(C(=O)NC2CCN(C)CC2)ccc1Nc1ncc2c(n1)-c1c(c(C(=O)N[C@H](CNC(=O)OC(C)(C)C)c3ccccc3)nn1C)CCC2.Cl.Cl. The summed E-state index contributed by atoms with van der Waals surface area (Å²) in [5, 5.41) is 31.1. The Morgan fingerprint density at radius 3 is 1.39 bits per heavy atom. The van der Waals surface area contributed by atoms with E-state index >= 15 is 0 Å². The number of rotatable bonds is 19. The van der Waals surface area contributed by atoms with Crippen molar-refractivity contribution in [3.8, 4) is 34.3 Å². The highest BCUT2D eigenvalue weighted by molar-refractivity contribution is 5.98. The first kappa shape index (κ1) is 75.5. The van der Waals surface area contributed by atoms with Crippen molar-refractivity contribution in [2.75, 3.05) is 78.2 Å². The van der Waals surface area contributed by atoms with Gasteiger partial charge >= 0.3 is 6.09 Å². The molecule has 0 saturated carbocycles. The first-order chi connectivity index (χ1) is 47.7. The molecule has 8 aromatic rings. The molecule has 4 aromatic carbocycles. The van der Waals surface area contributed by atoms with E-state index in [0.717, 1.165) is 128 Å². The van der Waals surface area contributed by atoms with Gasteiger partial charge in [-0.1, -0.05) is 60.7 Å². The highest BCUT2D eigenvalue weighted by atomic mass is 35.5. The van der Waals surface area contributed by atoms with Crippen LogP contribution in [0.1, 0.15) is 146 Å². The summed E-state index contributed by atoms with van der Waals surface area (Å²) in [4.78, 5) is 89.7. The van der Waals surface area contributed by atoms with Crippen molar-refractivity contribution in [2.24, 2.45) is 19.8 Å². The van der Waals surface area contributed by atoms with Crippen molar-refractivity contribution >= 4 is 77.8 Å². The first-order valence-electron chi connectivity index (χ1n) is 33.8. The number of alkyl carbamates (subject to hydrolysis) is 1. The van der Waals surface area contributed by atoms with Crippen LogP contribution in [0, 0.1) is 0 Å². The number of nitrogens with zero attached hydrogens (tertiary/aromatic N) is 10. The molecule has 5 amide bonds. The van der Waals surface area contributed by atoms with E-state index in [-0.39, 0.29) is 79.7 Å². The number of benzene rings is 4. The maximum Gasteiger partial charge on any atom is 0.407 e. The average molecular weight is 1420 g/mol. The number of hydrogen-bond acceptors (Lipinski definition) is 19. The molecule has 2 fully saturated rings. The van der Waals surface area contributed by atoms with Crippen LogP contribution >= 0.6 is 24.8 Å². The summed E-state index contributed by atoms with van der Waals surface area (Å²) in [5.74, 6) is 0.806. The van der Waals surface area contributed by atoms with E-state index in [1.54, 1.807) is 94.0 Å². The number of ether oxygens (including phenoxy) is 3. The van der Waals surface area contributed by atoms with Crippen molar-refractivity contribution in [1.29, 1.82) is 0 Å². The number of nitrogens with one attached hydrogen (secondary N) is 7. The molecule has 26 nitrogen and oxygen atoms in total. The second kappa shape index (κ2) is 34.1. The molecule has 2 aliphatic heterocycles. The van der Waals surface area contributed by atoms with Gasteiger partial charge in [0.25, 0.3) is 23.6 Å². The molecule has 0 bridgehead atoms. The van der Waals surface area contributed by atoms with Gasteiger partial charge in [-0.05, 0) is 184 Å². The van der Waals surface area contributed by atoms with Crippen LogP contribution < -0.4 is 52.4 Å². The summed E-state index contributed by atoms with van der Waals surface area (Å²) >= 11 is 0. The zero-order valence-electron chi connectivity index (χ0n) is 58.6. The summed E-state index contributed by atoms with van der Waals surface area (Å²) < 4.78 is 20.2. The fraction of sp³-hybridized carbons (Fsp3) is 0.411. The van der Waals surface area contributed by atoms with Crippen LogP contribution in [0.15, 0.2) is 109 Å². The molecule has 6 heterocycles. The molecule has 2 saturated heterocycles. The van der Waals surface area contributed by atoms with Gasteiger partial charge in [0.1, 0.15) is 17.1 Å². The van der Waals surface area contributed by atoms with Gasteiger partial charge in [0.2, 0.25) is 11.9 Å². The normalized spacial score (nSPS) is 15.1. The Bertz CT molecular complexity index is 4210. The second-order valence-corrected chi connectivity index (χ2v) is 26.6. The summed E-state index contributed by atoms with van der Waals surface area (Å²) in [6, 6.07) is 29.1. The molecule has 101 heavy (non-hydrogen) atoms. The van der Waals surface area contributed by atoms with E-state index in [0.29, 0.717) is 75.8 Å². The largest absolute Gasteiger partial charge is 0.495 e. The molecule has 0 spiro atoms. The van der Waals surface area contributed by atoms with E-state index in [4.69, 9.17) is 29.9 Å². The van der Waals surface area contributed by atoms with Crippen LogP contribution in [0.4, 0.5) is 28.1 Å². The van der Waals surface area contributed by atoms with Crippen molar-refractivity contribution in [3.05, 3.63) is 165 Å². The van der Waals surface area contributed by atoms with Crippen LogP contribution in [0.3, 0.4) is 0 Å². The number of anilines is 4. The van der Waals surface area contributed by atoms with E-state index in [9.17, 15) is 24.0 Å². The molecule has 2 atom stereocenters. The standard InChI is InChI=1S/C39H49N9O5.C34H41N9O3.2ClH/c1-39(2,3)53-38(51)41-23-30(24-11-8-7-9-12-24)43-36(50)33-28-14-10-13-26-22-40-37(45-32(26)34(28)48(5)46-33)44-29-16-15-25(21-31(29)52-6)35(49)42-27-17-19-47(4)20-18-27;1-42-16-14-24(15-17-42)37-32(44)22-12-13-26(28(18-22)46-3)39-34-36-20-23-10-7-11-25-30(41-43(2)31(25)29(23)40-34)33(45)38-27(19-35)21-8-5-4-6-9-21;;/h7-9,11-12,15-16,21-22,27,30H,10,13-14,17-20,23H2,1-6H3,(H,41,51)(H,42,49)(H,43,50)(H,40,44,45);4-6,8-9,12-13,18,20,24,27H,7,10-11,14-17,19,35H2,1-3H3,(H,37,44)(H,38,45)(H,36,39,40);2*1H/t30-;27-;;/m11../s1. The Morgan fingerprint density at radius 2 is 0.980 bits per heavy atom. The van der Waals surface area contributed by atoms with Crippen LogP contribution in [-0.4, -0.2) is 164 Å². The number of hydrogen-bond donors (Lipinski definition) is 8.